The van der Waals surface area contributed by atoms with Gasteiger partial charge in [0, 0.05) is 18.6 Å². The molecule has 0 saturated carbocycles. The van der Waals surface area contributed by atoms with Gasteiger partial charge in [0.15, 0.2) is 0 Å². The lowest BCUT2D eigenvalue weighted by molar-refractivity contribution is -0.141. The molecule has 1 aromatic carbocycles. The van der Waals surface area contributed by atoms with Crippen molar-refractivity contribution in [1.82, 2.24) is 16.0 Å². The molecule has 8 N–H and O–H groups in total. The zero-order valence-electron chi connectivity index (χ0n) is 20.1. The Morgan fingerprint density at radius 2 is 1.44 bits per heavy atom. The Labute approximate surface area is 214 Å². The van der Waals surface area contributed by atoms with Crippen molar-refractivity contribution < 1.29 is 39.3 Å². The van der Waals surface area contributed by atoms with Crippen LogP contribution in [-0.4, -0.2) is 74.9 Å². The van der Waals surface area contributed by atoms with Gasteiger partial charge in [0.25, 0.3) is 0 Å². The number of hydrogen-bond donors (Lipinski definition) is 8. The number of aliphatic carboxylic acids is 2. The van der Waals surface area contributed by atoms with Crippen LogP contribution in [0.1, 0.15) is 38.7 Å². The highest BCUT2D eigenvalue weighted by Gasteiger charge is 2.31. The largest absolute Gasteiger partial charge is 0.508 e. The number of hydrogen-bond acceptors (Lipinski definition) is 8. The number of benzene rings is 1. The summed E-state index contributed by atoms with van der Waals surface area (Å²) >= 11 is 3.91. The zero-order valence-corrected chi connectivity index (χ0v) is 21.0. The van der Waals surface area contributed by atoms with E-state index in [2.05, 4.69) is 28.6 Å². The molecule has 0 aliphatic heterocycles. The average molecular weight is 527 g/mol. The summed E-state index contributed by atoms with van der Waals surface area (Å²) in [6, 6.07) is 0.954. The van der Waals surface area contributed by atoms with Crippen LogP contribution in [0.5, 0.6) is 5.75 Å². The van der Waals surface area contributed by atoms with E-state index in [1.54, 1.807) is 6.92 Å². The van der Waals surface area contributed by atoms with Gasteiger partial charge in [-0.1, -0.05) is 32.4 Å². The van der Waals surface area contributed by atoms with E-state index in [0.29, 0.717) is 12.0 Å². The van der Waals surface area contributed by atoms with Crippen LogP contribution in [0, 0.1) is 5.92 Å². The molecule has 0 radical (unpaired) electrons. The monoisotopic (exact) mass is 526 g/mol. The third-order valence-electron chi connectivity index (χ3n) is 5.65. The number of amides is 3. The number of thiol groups is 1. The highest BCUT2D eigenvalue weighted by atomic mass is 32.1. The average Bonchev–Trinajstić information content (AvgIpc) is 2.83. The van der Waals surface area contributed by atoms with Crippen molar-refractivity contribution in [3.8, 4) is 5.75 Å². The normalized spacial score (nSPS) is 15.0. The van der Waals surface area contributed by atoms with Gasteiger partial charge < -0.3 is 37.0 Å². The van der Waals surface area contributed by atoms with Crippen LogP contribution in [0.2, 0.25) is 0 Å². The number of nitrogens with two attached hydrogens (primary N) is 1. The number of carbonyl (C=O) groups is 5. The highest BCUT2D eigenvalue weighted by Crippen LogP contribution is 2.12. The predicted octanol–water partition coefficient (Wildman–Crippen LogP) is -0.358. The molecule has 5 atom stereocenters. The topological polar surface area (TPSA) is 208 Å². The van der Waals surface area contributed by atoms with E-state index < -0.39 is 60.2 Å². The van der Waals surface area contributed by atoms with Crippen LogP contribution in [0.3, 0.4) is 0 Å². The Hall–Kier alpha value is -3.32. The first-order chi connectivity index (χ1) is 16.9. The van der Waals surface area contributed by atoms with Gasteiger partial charge >= 0.3 is 11.9 Å². The quantitative estimate of drug-likeness (QED) is 0.140. The first-order valence-corrected chi connectivity index (χ1v) is 12.0. The van der Waals surface area contributed by atoms with Crippen molar-refractivity contribution in [2.24, 2.45) is 11.7 Å². The molecular weight excluding hydrogens is 492 g/mol. The summed E-state index contributed by atoms with van der Waals surface area (Å²) < 4.78 is 0. The molecule has 12 nitrogen and oxygen atoms in total. The molecule has 0 fully saturated rings. The molecule has 0 saturated heterocycles. The maximum atomic E-state index is 13.1. The fourth-order valence-corrected chi connectivity index (χ4v) is 3.37. The third kappa shape index (κ3) is 10.1. The number of aromatic hydroxyl groups is 1. The SMILES string of the molecule is CCC(C)C(N)C(=O)NC(CCC(=O)O)C(=O)NC(Cc1ccc(O)cc1)C(=O)NC(CS)C(=O)O. The van der Waals surface area contributed by atoms with E-state index >= 15 is 0 Å². The van der Waals surface area contributed by atoms with Gasteiger partial charge in [-0.05, 0) is 30.0 Å². The lowest BCUT2D eigenvalue weighted by Gasteiger charge is -2.26. The lowest BCUT2D eigenvalue weighted by atomic mass is 9.98. The van der Waals surface area contributed by atoms with E-state index in [4.69, 9.17) is 10.8 Å². The lowest BCUT2D eigenvalue weighted by Crippen LogP contribution is -2.58. The highest BCUT2D eigenvalue weighted by molar-refractivity contribution is 7.80. The Bertz CT molecular complexity index is 927. The second kappa shape index (κ2) is 14.9. The first kappa shape index (κ1) is 30.7. The van der Waals surface area contributed by atoms with Crippen LogP contribution < -0.4 is 21.7 Å². The summed E-state index contributed by atoms with van der Waals surface area (Å²) in [4.78, 5) is 61.0. The number of carboxylic acids is 2. The minimum atomic E-state index is -1.32. The summed E-state index contributed by atoms with van der Waals surface area (Å²) in [5, 5.41) is 35.0. The third-order valence-corrected chi connectivity index (χ3v) is 6.01. The maximum Gasteiger partial charge on any atom is 0.327 e. The van der Waals surface area contributed by atoms with E-state index in [1.807, 2.05) is 6.92 Å². The van der Waals surface area contributed by atoms with E-state index in [0.717, 1.165) is 0 Å². The van der Waals surface area contributed by atoms with Crippen LogP contribution in [0.4, 0.5) is 0 Å². The minimum absolute atomic E-state index is 0.0149. The Morgan fingerprint density at radius 3 is 1.94 bits per heavy atom. The number of rotatable bonds is 15. The Morgan fingerprint density at radius 1 is 0.917 bits per heavy atom. The molecule has 5 unspecified atom stereocenters. The summed E-state index contributed by atoms with van der Waals surface area (Å²) in [6.45, 7) is 3.60. The smallest absolute Gasteiger partial charge is 0.327 e. The van der Waals surface area contributed by atoms with Gasteiger partial charge in [0.1, 0.15) is 23.9 Å². The molecule has 1 rings (SSSR count). The molecule has 3 amide bonds. The van der Waals surface area contributed by atoms with Gasteiger partial charge in [0.2, 0.25) is 17.7 Å². The van der Waals surface area contributed by atoms with Gasteiger partial charge in [0.05, 0.1) is 6.04 Å². The van der Waals surface area contributed by atoms with E-state index in [-0.39, 0.29) is 30.3 Å². The molecule has 0 bridgehead atoms. The Kier molecular flexibility index (Phi) is 12.7. The van der Waals surface area contributed by atoms with Gasteiger partial charge in [-0.15, -0.1) is 0 Å². The summed E-state index contributed by atoms with van der Waals surface area (Å²) in [5.74, 6) is -5.23. The second-order valence-electron chi connectivity index (χ2n) is 8.42. The van der Waals surface area contributed by atoms with Crippen molar-refractivity contribution in [2.45, 2.75) is 63.7 Å². The fraction of sp³-hybridized carbons (Fsp3) is 0.522. The molecule has 0 aliphatic rings. The summed E-state index contributed by atoms with van der Waals surface area (Å²) in [7, 11) is 0. The fourth-order valence-electron chi connectivity index (χ4n) is 3.12. The molecule has 0 spiro atoms. The number of carboxylic acid groups (broad SMARTS) is 2. The molecular formula is C23H34N4O8S. The molecule has 0 aliphatic carbocycles. The van der Waals surface area contributed by atoms with Crippen LogP contribution >= 0.6 is 12.6 Å². The molecule has 0 heterocycles. The zero-order chi connectivity index (χ0) is 27.4. The minimum Gasteiger partial charge on any atom is -0.508 e. The van der Waals surface area contributed by atoms with Crippen molar-refractivity contribution >= 4 is 42.3 Å². The maximum absolute atomic E-state index is 13.1. The van der Waals surface area contributed by atoms with Crippen LogP contribution in [-0.2, 0) is 30.4 Å². The predicted molar refractivity (Wildman–Crippen MR) is 133 cm³/mol. The molecule has 200 valence electrons. The van der Waals surface area contributed by atoms with Gasteiger partial charge in [-0.3, -0.25) is 19.2 Å². The van der Waals surface area contributed by atoms with Gasteiger partial charge in [-0.2, -0.15) is 12.6 Å². The number of nitrogens with one attached hydrogen (secondary N) is 3. The molecule has 1 aromatic rings. The summed E-state index contributed by atoms with van der Waals surface area (Å²) in [5.41, 5.74) is 6.47. The van der Waals surface area contributed by atoms with Crippen molar-refractivity contribution in [2.75, 3.05) is 5.75 Å². The number of carbonyl (C=O) groups excluding carboxylic acids is 3. The molecule has 36 heavy (non-hydrogen) atoms. The number of phenols is 1. The van der Waals surface area contributed by atoms with Crippen molar-refractivity contribution in [3.05, 3.63) is 29.8 Å². The van der Waals surface area contributed by atoms with E-state index in [1.165, 1.54) is 24.3 Å². The number of phenolic OH excluding ortho intramolecular Hbond substituents is 1. The van der Waals surface area contributed by atoms with Crippen molar-refractivity contribution in [3.63, 3.8) is 0 Å². The van der Waals surface area contributed by atoms with Crippen molar-refractivity contribution in [1.29, 1.82) is 0 Å². The van der Waals surface area contributed by atoms with Crippen LogP contribution in [0.25, 0.3) is 0 Å². The molecule has 0 aromatic heterocycles. The van der Waals surface area contributed by atoms with Crippen LogP contribution in [0.15, 0.2) is 24.3 Å². The van der Waals surface area contributed by atoms with Gasteiger partial charge in [-0.25, -0.2) is 4.79 Å². The Balaban J connectivity index is 3.15. The first-order valence-electron chi connectivity index (χ1n) is 11.4. The summed E-state index contributed by atoms with van der Waals surface area (Å²) in [6.07, 6.45) is -0.178. The standard InChI is InChI=1S/C23H34N4O8S/c1-3-12(2)19(24)22(33)25-15(8-9-18(29)30)20(31)26-16(10-13-4-6-14(28)7-5-13)21(32)27-17(11-36)23(34)35/h4-7,12,15-17,19,28,36H,3,8-11,24H2,1-2H3,(H,25,33)(H,26,31)(H,27,32)(H,29,30)(H,34,35). The van der Waals surface area contributed by atoms with E-state index in [9.17, 15) is 34.2 Å². The second-order valence-corrected chi connectivity index (χ2v) is 8.78. The molecule has 13 heteroatoms.